The van der Waals surface area contributed by atoms with Crippen LogP contribution in [-0.2, 0) is 16.0 Å². The lowest BCUT2D eigenvalue weighted by Crippen LogP contribution is -2.49. The highest BCUT2D eigenvalue weighted by Crippen LogP contribution is 2.33. The van der Waals surface area contributed by atoms with E-state index in [1.807, 2.05) is 6.20 Å². The molecule has 1 aromatic heterocycles. The van der Waals surface area contributed by atoms with Gasteiger partial charge in [0.1, 0.15) is 5.82 Å². The van der Waals surface area contributed by atoms with E-state index in [1.165, 1.54) is 5.82 Å². The molecule has 1 saturated heterocycles. The maximum atomic E-state index is 5.90. The molecule has 0 amide bonds. The van der Waals surface area contributed by atoms with Crippen LogP contribution in [0.25, 0.3) is 0 Å². The first-order chi connectivity index (χ1) is 11.2. The zero-order valence-corrected chi connectivity index (χ0v) is 14.7. The van der Waals surface area contributed by atoms with E-state index in [0.717, 1.165) is 45.4 Å². The van der Waals surface area contributed by atoms with Gasteiger partial charge in [-0.3, -0.25) is 0 Å². The van der Waals surface area contributed by atoms with Crippen molar-refractivity contribution in [3.05, 3.63) is 18.2 Å². The number of hydrogen-bond acceptors (Lipinski definition) is 4. The molecule has 1 aliphatic carbocycles. The molecule has 1 unspecified atom stereocenters. The number of imidazole rings is 1. The number of aromatic nitrogens is 2. The summed E-state index contributed by atoms with van der Waals surface area (Å²) in [4.78, 5) is 4.67. The smallest absolute Gasteiger partial charge is 0.126 e. The van der Waals surface area contributed by atoms with E-state index >= 15 is 0 Å². The summed E-state index contributed by atoms with van der Waals surface area (Å²) in [7, 11) is 0. The summed E-state index contributed by atoms with van der Waals surface area (Å²) in [6.07, 6.45) is 9.24. The van der Waals surface area contributed by atoms with Crippen LogP contribution in [0.5, 0.6) is 0 Å². The van der Waals surface area contributed by atoms with Crippen LogP contribution in [0.1, 0.15) is 58.3 Å². The summed E-state index contributed by atoms with van der Waals surface area (Å²) < 4.78 is 13.7. The Morgan fingerprint density at radius 2 is 2.09 bits per heavy atom. The first-order valence-corrected chi connectivity index (χ1v) is 9.17. The monoisotopic (exact) mass is 321 g/mol. The Kier molecular flexibility index (Phi) is 5.72. The van der Waals surface area contributed by atoms with Crippen molar-refractivity contribution in [2.24, 2.45) is 5.92 Å². The SMILES string of the molecule is CCn1ccnc1C(NC1CC(OC(C)C)C1)C1CCOCC1. The van der Waals surface area contributed by atoms with Gasteiger partial charge in [-0.15, -0.1) is 0 Å². The molecular weight excluding hydrogens is 290 g/mol. The van der Waals surface area contributed by atoms with E-state index in [2.05, 4.69) is 41.8 Å². The predicted molar refractivity (Wildman–Crippen MR) is 90.4 cm³/mol. The number of hydrogen-bond donors (Lipinski definition) is 1. The molecule has 1 saturated carbocycles. The van der Waals surface area contributed by atoms with E-state index < -0.39 is 0 Å². The van der Waals surface area contributed by atoms with Gasteiger partial charge in [0.15, 0.2) is 0 Å². The zero-order valence-electron chi connectivity index (χ0n) is 14.7. The van der Waals surface area contributed by atoms with E-state index in [4.69, 9.17) is 9.47 Å². The third kappa shape index (κ3) is 4.14. The molecule has 130 valence electrons. The van der Waals surface area contributed by atoms with E-state index in [9.17, 15) is 0 Å². The quantitative estimate of drug-likeness (QED) is 0.839. The van der Waals surface area contributed by atoms with Crippen molar-refractivity contribution in [2.75, 3.05) is 13.2 Å². The van der Waals surface area contributed by atoms with Crippen molar-refractivity contribution in [1.82, 2.24) is 14.9 Å². The van der Waals surface area contributed by atoms with Gasteiger partial charge in [-0.2, -0.15) is 0 Å². The molecule has 0 aromatic carbocycles. The second-order valence-electron chi connectivity index (χ2n) is 7.14. The predicted octanol–water partition coefficient (Wildman–Crippen LogP) is 2.92. The van der Waals surface area contributed by atoms with Gasteiger partial charge in [0.25, 0.3) is 0 Å². The van der Waals surface area contributed by atoms with E-state index in [1.54, 1.807) is 0 Å². The highest BCUT2D eigenvalue weighted by Gasteiger charge is 2.36. The van der Waals surface area contributed by atoms with Crippen LogP contribution in [0.15, 0.2) is 12.4 Å². The average Bonchev–Trinajstić information content (AvgIpc) is 2.98. The van der Waals surface area contributed by atoms with Crippen molar-refractivity contribution in [3.8, 4) is 0 Å². The van der Waals surface area contributed by atoms with Gasteiger partial charge in [0.2, 0.25) is 0 Å². The minimum atomic E-state index is 0.325. The molecule has 1 N–H and O–H groups in total. The van der Waals surface area contributed by atoms with Crippen LogP contribution in [0.2, 0.25) is 0 Å². The summed E-state index contributed by atoms with van der Waals surface area (Å²) in [5, 5.41) is 3.88. The van der Waals surface area contributed by atoms with Crippen LogP contribution in [0, 0.1) is 5.92 Å². The Morgan fingerprint density at radius 1 is 1.35 bits per heavy atom. The second kappa shape index (κ2) is 7.77. The van der Waals surface area contributed by atoms with Crippen LogP contribution in [0.3, 0.4) is 0 Å². The maximum absolute atomic E-state index is 5.90. The van der Waals surface area contributed by atoms with Crippen molar-refractivity contribution in [2.45, 2.75) is 77.3 Å². The Hall–Kier alpha value is -0.910. The largest absolute Gasteiger partial charge is 0.381 e. The summed E-state index contributed by atoms with van der Waals surface area (Å²) in [6.45, 7) is 9.13. The standard InChI is InChI=1S/C18H31N3O2/c1-4-21-8-7-19-18(21)17(14-5-9-22-10-6-14)20-15-11-16(12-15)23-13(2)3/h7-8,13-17,20H,4-6,9-12H2,1-3H3. The Labute approximate surface area is 139 Å². The summed E-state index contributed by atoms with van der Waals surface area (Å²) in [5.74, 6) is 1.80. The lowest BCUT2D eigenvalue weighted by atomic mass is 9.85. The molecule has 1 atom stereocenters. The summed E-state index contributed by atoms with van der Waals surface area (Å²) >= 11 is 0. The number of rotatable bonds is 7. The molecule has 2 fully saturated rings. The van der Waals surface area contributed by atoms with Gasteiger partial charge in [0.05, 0.1) is 18.2 Å². The Morgan fingerprint density at radius 3 is 2.74 bits per heavy atom. The third-order valence-corrected chi connectivity index (χ3v) is 5.08. The van der Waals surface area contributed by atoms with Crippen molar-refractivity contribution in [3.63, 3.8) is 0 Å². The van der Waals surface area contributed by atoms with Gasteiger partial charge in [-0.25, -0.2) is 4.98 Å². The topological polar surface area (TPSA) is 48.3 Å². The molecule has 1 aromatic rings. The van der Waals surface area contributed by atoms with Crippen LogP contribution >= 0.6 is 0 Å². The second-order valence-corrected chi connectivity index (χ2v) is 7.14. The molecule has 3 rings (SSSR count). The fourth-order valence-electron chi connectivity index (χ4n) is 3.79. The lowest BCUT2D eigenvalue weighted by molar-refractivity contribution is -0.0547. The minimum Gasteiger partial charge on any atom is -0.381 e. The minimum absolute atomic E-state index is 0.325. The molecule has 5 nitrogen and oxygen atoms in total. The van der Waals surface area contributed by atoms with E-state index in [0.29, 0.717) is 30.2 Å². The first kappa shape index (κ1) is 16.9. The molecule has 5 heteroatoms. The van der Waals surface area contributed by atoms with Crippen molar-refractivity contribution in [1.29, 1.82) is 0 Å². The van der Waals surface area contributed by atoms with Crippen LogP contribution in [0.4, 0.5) is 0 Å². The zero-order chi connectivity index (χ0) is 16.2. The van der Waals surface area contributed by atoms with Gasteiger partial charge < -0.3 is 19.4 Å². The maximum Gasteiger partial charge on any atom is 0.126 e. The summed E-state index contributed by atoms with van der Waals surface area (Å²) in [6, 6.07) is 0.882. The molecule has 1 aliphatic heterocycles. The number of ether oxygens (including phenoxy) is 2. The normalized spacial score (nSPS) is 27.1. The van der Waals surface area contributed by atoms with Gasteiger partial charge in [0, 0.05) is 38.2 Å². The fraction of sp³-hybridized carbons (Fsp3) is 0.833. The molecule has 23 heavy (non-hydrogen) atoms. The third-order valence-electron chi connectivity index (χ3n) is 5.08. The van der Waals surface area contributed by atoms with Crippen molar-refractivity contribution < 1.29 is 9.47 Å². The highest BCUT2D eigenvalue weighted by atomic mass is 16.5. The van der Waals surface area contributed by atoms with Crippen LogP contribution in [-0.4, -0.2) is 41.0 Å². The number of nitrogens with zero attached hydrogens (tertiary/aromatic N) is 2. The average molecular weight is 321 g/mol. The van der Waals surface area contributed by atoms with Gasteiger partial charge in [-0.1, -0.05) is 0 Å². The number of nitrogens with one attached hydrogen (secondary N) is 1. The molecule has 0 bridgehead atoms. The highest BCUT2D eigenvalue weighted by molar-refractivity contribution is 5.04. The molecule has 0 spiro atoms. The molecule has 2 heterocycles. The number of aryl methyl sites for hydroxylation is 1. The van der Waals surface area contributed by atoms with Crippen LogP contribution < -0.4 is 5.32 Å². The molecule has 0 radical (unpaired) electrons. The first-order valence-electron chi connectivity index (χ1n) is 9.17. The van der Waals surface area contributed by atoms with E-state index in [-0.39, 0.29) is 0 Å². The fourth-order valence-corrected chi connectivity index (χ4v) is 3.79. The van der Waals surface area contributed by atoms with Crippen molar-refractivity contribution >= 4 is 0 Å². The molecule has 2 aliphatic rings. The Bertz CT molecular complexity index is 476. The molecular formula is C18H31N3O2. The lowest BCUT2D eigenvalue weighted by Gasteiger charge is -2.41. The van der Waals surface area contributed by atoms with Gasteiger partial charge >= 0.3 is 0 Å². The van der Waals surface area contributed by atoms with Gasteiger partial charge in [-0.05, 0) is 52.4 Å². The summed E-state index contributed by atoms with van der Waals surface area (Å²) in [5.41, 5.74) is 0. The Balaban J connectivity index is 1.64.